The highest BCUT2D eigenvalue weighted by Gasteiger charge is 2.49. The van der Waals surface area contributed by atoms with Gasteiger partial charge in [-0.3, -0.25) is 4.90 Å². The van der Waals surface area contributed by atoms with Gasteiger partial charge in [-0.2, -0.15) is 0 Å². The van der Waals surface area contributed by atoms with Crippen molar-refractivity contribution >= 4 is 18.9 Å². The molecular weight excluding hydrogens is 323 g/mol. The summed E-state index contributed by atoms with van der Waals surface area (Å²) >= 11 is 0. The Kier molecular flexibility index (Phi) is 5.52. The van der Waals surface area contributed by atoms with Crippen molar-refractivity contribution in [2.24, 2.45) is 0 Å². The first-order chi connectivity index (χ1) is 12.2. The molecule has 2 saturated heterocycles. The molecule has 5 heteroatoms. The van der Waals surface area contributed by atoms with E-state index in [1.807, 2.05) is 5.98 Å². The van der Waals surface area contributed by atoms with E-state index in [-0.39, 0.29) is 18.3 Å². The normalized spacial score (nSPS) is 23.3. The zero-order valence-corrected chi connectivity index (χ0v) is 17.2. The number of benzene rings is 1. The lowest BCUT2D eigenvalue weighted by molar-refractivity contribution is 0.00578. The Bertz CT molecular complexity index is 616. The molecule has 1 aromatic rings. The number of hydrogen-bond acceptors (Lipinski definition) is 4. The third kappa shape index (κ3) is 4.16. The second kappa shape index (κ2) is 7.38. The first kappa shape index (κ1) is 19.5. The van der Waals surface area contributed by atoms with Gasteiger partial charge < -0.3 is 14.2 Å². The van der Waals surface area contributed by atoms with Gasteiger partial charge in [0.2, 0.25) is 0 Å². The molecule has 26 heavy (non-hydrogen) atoms. The largest absolute Gasteiger partial charge is 0.487 e. The third-order valence-corrected chi connectivity index (χ3v) is 6.02. The predicted molar refractivity (Wildman–Crippen MR) is 110 cm³/mol. The fraction of sp³-hybridized carbons (Fsp3) is 0.619. The van der Waals surface area contributed by atoms with Crippen LogP contribution in [0.25, 0.3) is 6.08 Å². The van der Waals surface area contributed by atoms with Crippen LogP contribution in [-0.4, -0.2) is 55.4 Å². The highest BCUT2D eigenvalue weighted by atomic mass is 16.7. The molecule has 2 aliphatic heterocycles. The molecule has 0 aliphatic carbocycles. The van der Waals surface area contributed by atoms with Gasteiger partial charge in [0, 0.05) is 37.9 Å². The molecule has 3 rings (SSSR count). The number of anilines is 1. The summed E-state index contributed by atoms with van der Waals surface area (Å²) in [5.41, 5.74) is 1.90. The van der Waals surface area contributed by atoms with Crippen molar-refractivity contribution in [2.75, 3.05) is 31.1 Å². The van der Waals surface area contributed by atoms with Crippen LogP contribution in [0.1, 0.15) is 47.1 Å². The molecular formula is C21H33BN2O2. The SMILES string of the molecule is CC(C)N1CCN(c2ccc(/C=C/B3OC(C)(C)C(C)(C)O3)cc2)CC1. The van der Waals surface area contributed by atoms with Crippen LogP contribution in [-0.2, 0) is 9.31 Å². The van der Waals surface area contributed by atoms with E-state index in [1.54, 1.807) is 0 Å². The Labute approximate surface area is 159 Å². The highest BCUT2D eigenvalue weighted by Crippen LogP contribution is 2.37. The Morgan fingerprint density at radius 3 is 1.96 bits per heavy atom. The Morgan fingerprint density at radius 1 is 0.923 bits per heavy atom. The molecule has 0 amide bonds. The molecule has 0 aromatic heterocycles. The first-order valence-corrected chi connectivity index (χ1v) is 9.81. The lowest BCUT2D eigenvalue weighted by atomic mass is 9.89. The van der Waals surface area contributed by atoms with Crippen LogP contribution in [0.2, 0.25) is 0 Å². The third-order valence-electron chi connectivity index (χ3n) is 6.02. The van der Waals surface area contributed by atoms with Crippen molar-refractivity contribution < 1.29 is 9.31 Å². The maximum Gasteiger partial charge on any atom is 0.487 e. The van der Waals surface area contributed by atoms with Gasteiger partial charge in [-0.1, -0.05) is 24.2 Å². The summed E-state index contributed by atoms with van der Waals surface area (Å²) < 4.78 is 12.0. The first-order valence-electron chi connectivity index (χ1n) is 9.81. The molecule has 0 radical (unpaired) electrons. The van der Waals surface area contributed by atoms with E-state index in [9.17, 15) is 0 Å². The molecule has 2 heterocycles. The maximum atomic E-state index is 6.01. The zero-order valence-electron chi connectivity index (χ0n) is 17.2. The quantitative estimate of drug-likeness (QED) is 0.765. The van der Waals surface area contributed by atoms with E-state index in [0.29, 0.717) is 6.04 Å². The summed E-state index contributed by atoms with van der Waals surface area (Å²) in [6.45, 7) is 17.3. The zero-order chi connectivity index (χ0) is 18.9. The van der Waals surface area contributed by atoms with Crippen LogP contribution in [0.3, 0.4) is 0 Å². The number of rotatable bonds is 4. The van der Waals surface area contributed by atoms with Crippen LogP contribution in [0.4, 0.5) is 5.69 Å². The fourth-order valence-corrected chi connectivity index (χ4v) is 3.45. The molecule has 0 N–H and O–H groups in total. The van der Waals surface area contributed by atoms with Crippen LogP contribution < -0.4 is 4.90 Å². The number of piperazine rings is 1. The minimum absolute atomic E-state index is 0.288. The average molecular weight is 356 g/mol. The van der Waals surface area contributed by atoms with Gasteiger partial charge in [0.05, 0.1) is 11.2 Å². The molecule has 1 aromatic carbocycles. The van der Waals surface area contributed by atoms with Gasteiger partial charge in [-0.05, 0) is 59.2 Å². The summed E-state index contributed by atoms with van der Waals surface area (Å²) in [7, 11) is -0.288. The van der Waals surface area contributed by atoms with Gasteiger partial charge >= 0.3 is 7.12 Å². The number of hydrogen-bond donors (Lipinski definition) is 0. The molecule has 0 saturated carbocycles. The minimum Gasteiger partial charge on any atom is -0.400 e. The lowest BCUT2D eigenvalue weighted by Crippen LogP contribution is -2.48. The number of nitrogens with zero attached hydrogens (tertiary/aromatic N) is 2. The summed E-state index contributed by atoms with van der Waals surface area (Å²) in [6.07, 6.45) is 2.09. The minimum atomic E-state index is -0.288. The standard InChI is InChI=1S/C21H33BN2O2/c1-17(2)23-13-15-24(16-14-23)19-9-7-18(8-10-19)11-12-22-25-20(3,4)21(5,6)26-22/h7-12,17H,13-16H2,1-6H3/b12-11+. The van der Waals surface area contributed by atoms with E-state index in [2.05, 4.69) is 81.7 Å². The van der Waals surface area contributed by atoms with Gasteiger partial charge in [-0.25, -0.2) is 0 Å². The van der Waals surface area contributed by atoms with E-state index in [1.165, 1.54) is 11.3 Å². The van der Waals surface area contributed by atoms with Crippen LogP contribution in [0, 0.1) is 0 Å². The van der Waals surface area contributed by atoms with Crippen LogP contribution in [0.15, 0.2) is 30.2 Å². The Morgan fingerprint density at radius 2 is 1.46 bits per heavy atom. The summed E-state index contributed by atoms with van der Waals surface area (Å²) in [5, 5.41) is 0. The topological polar surface area (TPSA) is 24.9 Å². The second-order valence-corrected chi connectivity index (χ2v) is 8.69. The van der Waals surface area contributed by atoms with Crippen molar-refractivity contribution in [3.8, 4) is 0 Å². The van der Waals surface area contributed by atoms with Crippen molar-refractivity contribution in [3.05, 3.63) is 35.8 Å². The summed E-state index contributed by atoms with van der Waals surface area (Å²) in [4.78, 5) is 5.01. The van der Waals surface area contributed by atoms with Crippen molar-refractivity contribution in [2.45, 2.75) is 58.8 Å². The van der Waals surface area contributed by atoms with Gasteiger partial charge in [-0.15, -0.1) is 0 Å². The molecule has 0 spiro atoms. The van der Waals surface area contributed by atoms with Crippen LogP contribution in [0.5, 0.6) is 0 Å². The van der Waals surface area contributed by atoms with Gasteiger partial charge in [0.25, 0.3) is 0 Å². The van der Waals surface area contributed by atoms with Gasteiger partial charge in [0.15, 0.2) is 0 Å². The van der Waals surface area contributed by atoms with Gasteiger partial charge in [0.1, 0.15) is 0 Å². The molecule has 0 unspecified atom stereocenters. The molecule has 2 aliphatic rings. The molecule has 4 nitrogen and oxygen atoms in total. The average Bonchev–Trinajstić information content (AvgIpc) is 2.80. The highest BCUT2D eigenvalue weighted by molar-refractivity contribution is 6.52. The second-order valence-electron chi connectivity index (χ2n) is 8.69. The summed E-state index contributed by atoms with van der Waals surface area (Å²) in [5.74, 6) is 2.01. The van der Waals surface area contributed by atoms with Crippen LogP contribution >= 0.6 is 0 Å². The molecule has 0 bridgehead atoms. The Hall–Kier alpha value is -1.30. The fourth-order valence-electron chi connectivity index (χ4n) is 3.45. The van der Waals surface area contributed by atoms with E-state index in [0.717, 1.165) is 26.2 Å². The molecule has 0 atom stereocenters. The lowest BCUT2D eigenvalue weighted by Gasteiger charge is -2.38. The van der Waals surface area contributed by atoms with Crippen molar-refractivity contribution in [1.29, 1.82) is 0 Å². The monoisotopic (exact) mass is 356 g/mol. The van der Waals surface area contributed by atoms with E-state index >= 15 is 0 Å². The smallest absolute Gasteiger partial charge is 0.400 e. The molecule has 2 fully saturated rings. The summed E-state index contributed by atoms with van der Waals surface area (Å²) in [6, 6.07) is 9.42. The maximum absolute atomic E-state index is 6.01. The van der Waals surface area contributed by atoms with Crippen molar-refractivity contribution in [3.63, 3.8) is 0 Å². The van der Waals surface area contributed by atoms with E-state index < -0.39 is 0 Å². The Balaban J connectivity index is 1.57. The molecule has 142 valence electrons. The van der Waals surface area contributed by atoms with Crippen molar-refractivity contribution in [1.82, 2.24) is 4.90 Å². The van der Waals surface area contributed by atoms with E-state index in [4.69, 9.17) is 9.31 Å². The predicted octanol–water partition coefficient (Wildman–Crippen LogP) is 3.86.